The van der Waals surface area contributed by atoms with Crippen LogP contribution in [0.4, 0.5) is 0 Å². The number of hydrogen-bond donors (Lipinski definition) is 2. The maximum atomic E-state index is 5.31. The summed E-state index contributed by atoms with van der Waals surface area (Å²) in [5, 5.41) is 4.81. The summed E-state index contributed by atoms with van der Waals surface area (Å²) in [7, 11) is 1.71. The molecule has 0 saturated carbocycles. The zero-order valence-corrected chi connectivity index (χ0v) is 12.8. The predicted octanol–water partition coefficient (Wildman–Crippen LogP) is 2.75. The molecule has 2 heterocycles. The van der Waals surface area contributed by atoms with Crippen LogP contribution in [-0.4, -0.2) is 43.2 Å². The summed E-state index contributed by atoms with van der Waals surface area (Å²) in [6, 6.07) is 6.17. The van der Waals surface area contributed by atoms with Gasteiger partial charge in [-0.05, 0) is 69.2 Å². The maximum Gasteiger partial charge on any atom is 0.119 e. The molecule has 0 atom stereocenters. The second kappa shape index (κ2) is 6.96. The summed E-state index contributed by atoms with van der Waals surface area (Å²) in [4.78, 5) is 5.89. The number of nitrogens with zero attached hydrogens (tertiary/aromatic N) is 1. The quantitative estimate of drug-likeness (QED) is 0.769. The molecule has 0 aliphatic carbocycles. The molecule has 0 bridgehead atoms. The Morgan fingerprint density at radius 3 is 2.95 bits per heavy atom. The van der Waals surface area contributed by atoms with Gasteiger partial charge in [-0.3, -0.25) is 0 Å². The smallest absolute Gasteiger partial charge is 0.119 e. The summed E-state index contributed by atoms with van der Waals surface area (Å²) in [6.07, 6.45) is 6.08. The minimum absolute atomic E-state index is 0.910. The van der Waals surface area contributed by atoms with Gasteiger partial charge in [-0.15, -0.1) is 0 Å². The van der Waals surface area contributed by atoms with Gasteiger partial charge >= 0.3 is 0 Å². The van der Waals surface area contributed by atoms with E-state index in [0.717, 1.165) is 18.8 Å². The van der Waals surface area contributed by atoms with E-state index in [9.17, 15) is 0 Å². The number of hydrogen-bond acceptors (Lipinski definition) is 3. The Balaban J connectivity index is 1.48. The average Bonchev–Trinajstić information content (AvgIpc) is 3.16. The fourth-order valence-corrected chi connectivity index (χ4v) is 3.09. The third-order valence-electron chi connectivity index (χ3n) is 4.32. The normalized spacial score (nSPS) is 15.9. The molecule has 114 valence electrons. The zero-order chi connectivity index (χ0) is 14.5. The van der Waals surface area contributed by atoms with Crippen LogP contribution in [0.2, 0.25) is 0 Å². The number of nitrogens with one attached hydrogen (secondary N) is 2. The second-order valence-corrected chi connectivity index (χ2v) is 5.80. The van der Waals surface area contributed by atoms with Gasteiger partial charge in [-0.25, -0.2) is 0 Å². The van der Waals surface area contributed by atoms with E-state index in [-0.39, 0.29) is 0 Å². The van der Waals surface area contributed by atoms with Gasteiger partial charge in [0.15, 0.2) is 0 Å². The molecule has 2 aromatic rings. The third kappa shape index (κ3) is 3.57. The molecule has 21 heavy (non-hydrogen) atoms. The van der Waals surface area contributed by atoms with Crippen LogP contribution in [0.3, 0.4) is 0 Å². The van der Waals surface area contributed by atoms with Crippen LogP contribution in [0, 0.1) is 0 Å². The number of ether oxygens (including phenoxy) is 1. The van der Waals surface area contributed by atoms with Crippen molar-refractivity contribution in [3.8, 4) is 5.75 Å². The van der Waals surface area contributed by atoms with E-state index in [4.69, 9.17) is 4.74 Å². The lowest BCUT2D eigenvalue weighted by Gasteiger charge is -2.14. The SMILES string of the molecule is COc1ccc2[nH]cc(CNCCCN3CCCC3)c2c1. The molecule has 1 aromatic carbocycles. The van der Waals surface area contributed by atoms with Crippen molar-refractivity contribution in [1.82, 2.24) is 15.2 Å². The van der Waals surface area contributed by atoms with E-state index in [2.05, 4.69) is 33.5 Å². The van der Waals surface area contributed by atoms with Gasteiger partial charge in [0.2, 0.25) is 0 Å². The maximum absolute atomic E-state index is 5.31. The fraction of sp³-hybridized carbons (Fsp3) is 0.529. The number of methoxy groups -OCH3 is 1. The average molecular weight is 287 g/mol. The summed E-state index contributed by atoms with van der Waals surface area (Å²) >= 11 is 0. The van der Waals surface area contributed by atoms with Crippen LogP contribution < -0.4 is 10.1 Å². The highest BCUT2D eigenvalue weighted by atomic mass is 16.5. The lowest BCUT2D eigenvalue weighted by atomic mass is 10.1. The van der Waals surface area contributed by atoms with Gasteiger partial charge in [-0.1, -0.05) is 0 Å². The van der Waals surface area contributed by atoms with Gasteiger partial charge in [0.05, 0.1) is 7.11 Å². The summed E-state index contributed by atoms with van der Waals surface area (Å²) in [5.41, 5.74) is 2.48. The van der Waals surface area contributed by atoms with Gasteiger partial charge in [0.1, 0.15) is 5.75 Å². The monoisotopic (exact) mass is 287 g/mol. The summed E-state index contributed by atoms with van der Waals surface area (Å²) in [6.45, 7) is 5.81. The molecule has 0 spiro atoms. The Kier molecular flexibility index (Phi) is 4.78. The largest absolute Gasteiger partial charge is 0.497 e. The highest BCUT2D eigenvalue weighted by Gasteiger charge is 2.10. The number of fused-ring (bicyclic) bond motifs is 1. The minimum Gasteiger partial charge on any atom is -0.497 e. The van der Waals surface area contributed by atoms with E-state index in [0.29, 0.717) is 0 Å². The van der Waals surface area contributed by atoms with Crippen LogP contribution in [0.25, 0.3) is 10.9 Å². The van der Waals surface area contributed by atoms with Crippen LogP contribution in [0.15, 0.2) is 24.4 Å². The predicted molar refractivity (Wildman–Crippen MR) is 86.8 cm³/mol. The molecule has 1 fully saturated rings. The minimum atomic E-state index is 0.910. The van der Waals surface area contributed by atoms with Crippen molar-refractivity contribution in [3.05, 3.63) is 30.0 Å². The Labute approximate surface area is 126 Å². The number of likely N-dealkylation sites (tertiary alicyclic amines) is 1. The third-order valence-corrected chi connectivity index (χ3v) is 4.32. The van der Waals surface area contributed by atoms with Crippen LogP contribution in [-0.2, 0) is 6.54 Å². The molecule has 0 unspecified atom stereocenters. The van der Waals surface area contributed by atoms with Crippen LogP contribution in [0.1, 0.15) is 24.8 Å². The van der Waals surface area contributed by atoms with E-state index < -0.39 is 0 Å². The lowest BCUT2D eigenvalue weighted by Crippen LogP contribution is -2.24. The van der Waals surface area contributed by atoms with Crippen molar-refractivity contribution < 1.29 is 4.74 Å². The molecular formula is C17H25N3O. The van der Waals surface area contributed by atoms with Crippen molar-refractivity contribution in [1.29, 1.82) is 0 Å². The standard InChI is InChI=1S/C17H25N3O/c1-21-15-5-6-17-16(11-15)14(13-19-17)12-18-7-4-10-20-8-2-3-9-20/h5-6,11,13,18-19H,2-4,7-10,12H2,1H3. The molecule has 1 aliphatic rings. The van der Waals surface area contributed by atoms with E-state index in [1.54, 1.807) is 7.11 Å². The van der Waals surface area contributed by atoms with Crippen molar-refractivity contribution >= 4 is 10.9 Å². The molecule has 0 radical (unpaired) electrons. The Morgan fingerprint density at radius 2 is 2.14 bits per heavy atom. The van der Waals surface area contributed by atoms with Gasteiger partial charge < -0.3 is 19.9 Å². The zero-order valence-electron chi connectivity index (χ0n) is 12.8. The number of benzene rings is 1. The van der Waals surface area contributed by atoms with E-state index >= 15 is 0 Å². The highest BCUT2D eigenvalue weighted by Crippen LogP contribution is 2.23. The van der Waals surface area contributed by atoms with Gasteiger partial charge in [-0.2, -0.15) is 0 Å². The molecule has 1 aromatic heterocycles. The highest BCUT2D eigenvalue weighted by molar-refractivity contribution is 5.84. The number of H-pyrrole nitrogens is 1. The Hall–Kier alpha value is -1.52. The molecule has 0 amide bonds. The Morgan fingerprint density at radius 1 is 1.29 bits per heavy atom. The fourth-order valence-electron chi connectivity index (χ4n) is 3.09. The number of aromatic amines is 1. The first-order chi connectivity index (χ1) is 10.4. The molecule has 4 heteroatoms. The Bertz CT molecular complexity index is 572. The molecule has 2 N–H and O–H groups in total. The van der Waals surface area contributed by atoms with Crippen molar-refractivity contribution in [2.24, 2.45) is 0 Å². The first-order valence-electron chi connectivity index (χ1n) is 7.94. The number of aromatic nitrogens is 1. The van der Waals surface area contributed by atoms with Gasteiger partial charge in [0.25, 0.3) is 0 Å². The number of rotatable bonds is 7. The molecule has 1 aliphatic heterocycles. The topological polar surface area (TPSA) is 40.3 Å². The first-order valence-corrected chi connectivity index (χ1v) is 7.94. The van der Waals surface area contributed by atoms with Crippen molar-refractivity contribution in [3.63, 3.8) is 0 Å². The van der Waals surface area contributed by atoms with Crippen molar-refractivity contribution in [2.75, 3.05) is 33.3 Å². The van der Waals surface area contributed by atoms with Crippen LogP contribution in [0.5, 0.6) is 5.75 Å². The van der Waals surface area contributed by atoms with E-state index in [1.165, 1.54) is 55.4 Å². The summed E-state index contributed by atoms with van der Waals surface area (Å²) in [5.74, 6) is 0.914. The molecule has 3 rings (SSSR count). The molecule has 4 nitrogen and oxygen atoms in total. The molecule has 1 saturated heterocycles. The van der Waals surface area contributed by atoms with E-state index in [1.807, 2.05) is 6.07 Å². The van der Waals surface area contributed by atoms with Crippen LogP contribution >= 0.6 is 0 Å². The summed E-state index contributed by atoms with van der Waals surface area (Å²) < 4.78 is 5.31. The lowest BCUT2D eigenvalue weighted by molar-refractivity contribution is 0.331. The second-order valence-electron chi connectivity index (χ2n) is 5.80. The van der Waals surface area contributed by atoms with Crippen molar-refractivity contribution in [2.45, 2.75) is 25.8 Å². The molecular weight excluding hydrogens is 262 g/mol. The first kappa shape index (κ1) is 14.4. The van der Waals surface area contributed by atoms with Gasteiger partial charge in [0, 0.05) is 23.6 Å².